The number of esters is 1. The van der Waals surface area contributed by atoms with Crippen molar-refractivity contribution < 1.29 is 28.1 Å². The average molecular weight is 531 g/mol. The van der Waals surface area contributed by atoms with E-state index in [0.29, 0.717) is 19.4 Å². The maximum Gasteiger partial charge on any atom is 0.318 e. The van der Waals surface area contributed by atoms with Gasteiger partial charge < -0.3 is 20.0 Å². The first-order valence-electron chi connectivity index (χ1n) is 12.3. The summed E-state index contributed by atoms with van der Waals surface area (Å²) in [5.41, 5.74) is 6.99. The first-order chi connectivity index (χ1) is 16.4. The Labute approximate surface area is 217 Å². The molecule has 4 N–H and O–H groups in total. The fourth-order valence-corrected chi connectivity index (χ4v) is 4.02. The summed E-state index contributed by atoms with van der Waals surface area (Å²) in [6, 6.07) is -1.55. The maximum absolute atomic E-state index is 13.2. The van der Waals surface area contributed by atoms with Crippen LogP contribution in [0.5, 0.6) is 0 Å². The highest BCUT2D eigenvalue weighted by atomic mass is 32.3. The number of nitrogens with zero attached hydrogens (tertiary/aromatic N) is 1. The molecule has 36 heavy (non-hydrogen) atoms. The summed E-state index contributed by atoms with van der Waals surface area (Å²) in [5.74, 6) is -2.53. The summed E-state index contributed by atoms with van der Waals surface area (Å²) in [5, 5.41) is 3.93. The average Bonchev–Trinajstić information content (AvgIpc) is 2.79. The Balaban J connectivity index is 2.88. The van der Waals surface area contributed by atoms with Gasteiger partial charge in [-0.05, 0) is 45.1 Å². The topological polar surface area (TPSA) is 140 Å². The Morgan fingerprint density at radius 2 is 1.78 bits per heavy atom. The van der Waals surface area contributed by atoms with E-state index in [1.807, 2.05) is 12.5 Å². The molecule has 1 fully saturated rings. The van der Waals surface area contributed by atoms with Crippen molar-refractivity contribution in [3.05, 3.63) is 12.7 Å². The number of hydrogen-bond donors (Lipinski definition) is 3. The Bertz CT molecular complexity index is 841. The highest BCUT2D eigenvalue weighted by Gasteiger charge is 2.40. The number of nitrogens with two attached hydrogens (primary N) is 1. The zero-order valence-corrected chi connectivity index (χ0v) is 24.1. The Morgan fingerprint density at radius 1 is 1.19 bits per heavy atom. The van der Waals surface area contributed by atoms with Gasteiger partial charge in [0.05, 0.1) is 6.61 Å². The number of carbonyl (C=O) groups is 4. The highest BCUT2D eigenvalue weighted by molar-refractivity contribution is 8.29. The molecule has 11 heteroatoms. The molecule has 208 valence electrons. The Morgan fingerprint density at radius 3 is 2.25 bits per heavy atom. The van der Waals surface area contributed by atoms with Crippen LogP contribution in [0.2, 0.25) is 0 Å². The summed E-state index contributed by atoms with van der Waals surface area (Å²) < 4.78 is 11.7. The van der Waals surface area contributed by atoms with E-state index in [0.717, 1.165) is 0 Å². The van der Waals surface area contributed by atoms with Crippen molar-refractivity contribution in [2.24, 2.45) is 17.1 Å². The van der Waals surface area contributed by atoms with Crippen LogP contribution in [0.15, 0.2) is 12.7 Å². The summed E-state index contributed by atoms with van der Waals surface area (Å²) in [6.07, 6.45) is 5.57. The third kappa shape index (κ3) is 8.21. The third-order valence-electron chi connectivity index (χ3n) is 6.67. The van der Waals surface area contributed by atoms with Crippen LogP contribution < -0.4 is 16.5 Å². The van der Waals surface area contributed by atoms with E-state index in [1.54, 1.807) is 20.8 Å². The minimum atomic E-state index is -1.49. The molecule has 0 bridgehead atoms. The van der Waals surface area contributed by atoms with Gasteiger partial charge in [0, 0.05) is 11.3 Å². The second-order valence-corrected chi connectivity index (χ2v) is 15.2. The number of primary amides is 1. The van der Waals surface area contributed by atoms with Gasteiger partial charge in [0.25, 0.3) is 11.8 Å². The van der Waals surface area contributed by atoms with Crippen LogP contribution in [0.1, 0.15) is 61.3 Å². The van der Waals surface area contributed by atoms with Crippen LogP contribution in [0.3, 0.4) is 0 Å². The summed E-state index contributed by atoms with van der Waals surface area (Å²) >= 11 is 0. The molecular weight excluding hydrogens is 484 g/mol. The first kappa shape index (κ1) is 31.9. The van der Waals surface area contributed by atoms with Gasteiger partial charge in [-0.25, -0.2) is 5.43 Å². The lowest BCUT2D eigenvalue weighted by molar-refractivity contribution is -0.167. The smallest absolute Gasteiger partial charge is 0.318 e. The second-order valence-electron chi connectivity index (χ2n) is 11.2. The van der Waals surface area contributed by atoms with E-state index in [9.17, 15) is 19.2 Å². The fourth-order valence-electron chi connectivity index (χ4n) is 3.13. The lowest BCUT2D eigenvalue weighted by atomic mass is 9.92. The van der Waals surface area contributed by atoms with Gasteiger partial charge >= 0.3 is 5.97 Å². The monoisotopic (exact) mass is 530 g/mol. The number of nitrogens with one attached hydrogen (secondary N) is 2. The van der Waals surface area contributed by atoms with Crippen molar-refractivity contribution in [3.63, 3.8) is 0 Å². The molecule has 1 heterocycles. The number of amides is 3. The van der Waals surface area contributed by atoms with Gasteiger partial charge in [-0.2, -0.15) is 0 Å². The minimum Gasteiger partial charge on any atom is -0.451 e. The van der Waals surface area contributed by atoms with Crippen LogP contribution in [0.4, 0.5) is 0 Å². The molecule has 1 aliphatic rings. The summed E-state index contributed by atoms with van der Waals surface area (Å²) in [7, 11) is -1.49. The molecule has 4 atom stereocenters. The maximum atomic E-state index is 13.2. The van der Waals surface area contributed by atoms with Crippen LogP contribution in [-0.2, 0) is 28.1 Å². The zero-order chi connectivity index (χ0) is 28.1. The molecule has 3 amide bonds. The van der Waals surface area contributed by atoms with Crippen molar-refractivity contribution in [2.75, 3.05) is 25.7 Å². The molecule has 1 saturated heterocycles. The molecule has 0 radical (unpaired) electrons. The van der Waals surface area contributed by atoms with Gasteiger partial charge in [-0.3, -0.25) is 24.2 Å². The van der Waals surface area contributed by atoms with Gasteiger partial charge in [0.15, 0.2) is 6.10 Å². The number of ether oxygens (including phenoxy) is 1. The molecule has 0 aromatic carbocycles. The fraction of sp³-hybridized carbons (Fsp3) is 0.760. The largest absolute Gasteiger partial charge is 0.451 e. The van der Waals surface area contributed by atoms with E-state index in [1.165, 1.54) is 18.0 Å². The predicted octanol–water partition coefficient (Wildman–Crippen LogP) is 2.03. The van der Waals surface area contributed by atoms with Crippen molar-refractivity contribution in [1.82, 2.24) is 15.8 Å². The van der Waals surface area contributed by atoms with Crippen molar-refractivity contribution >= 4 is 34.0 Å². The Kier molecular flexibility index (Phi) is 11.0. The van der Waals surface area contributed by atoms with Crippen LogP contribution in [0, 0.1) is 11.3 Å². The van der Waals surface area contributed by atoms with Crippen LogP contribution >= 0.6 is 10.3 Å². The first-order valence-corrected chi connectivity index (χ1v) is 14.6. The summed E-state index contributed by atoms with van der Waals surface area (Å²) in [4.78, 5) is 50.5. The lowest BCUT2D eigenvalue weighted by Gasteiger charge is -2.45. The van der Waals surface area contributed by atoms with Crippen molar-refractivity contribution in [1.29, 1.82) is 0 Å². The molecule has 1 rings (SSSR count). The molecule has 0 aliphatic carbocycles. The second kappa shape index (κ2) is 12.4. The zero-order valence-electron chi connectivity index (χ0n) is 23.3. The molecule has 1 aliphatic heterocycles. The van der Waals surface area contributed by atoms with E-state index in [-0.39, 0.29) is 17.3 Å². The molecule has 3 unspecified atom stereocenters. The standard InChI is InChI=1S/C25H46N4O6S/c1-11-25(8,15-34-36(9,10)24(5,6)7)23(33)35-19(16(2)3)21(31)27-17(4)22(32)29-14-12-13-18(28-29)20(26)30/h11,16-19,28H,1,12-15H2,2-10H3,(H2,26,30)(H,27,31)/t17?,18?,19?,25-/m1/s1. The van der Waals surface area contributed by atoms with Crippen LogP contribution in [0.25, 0.3) is 0 Å². The quantitative estimate of drug-likeness (QED) is 0.274. The molecule has 0 aromatic heterocycles. The summed E-state index contributed by atoms with van der Waals surface area (Å²) in [6.45, 7) is 17.2. The van der Waals surface area contributed by atoms with E-state index in [2.05, 4.69) is 38.1 Å². The third-order valence-corrected chi connectivity index (χ3v) is 10.3. The SMILES string of the molecule is C=C[C@](C)(COS(C)(C)C(C)(C)C)C(=O)OC(C(=O)NC(C)C(=O)N1CCCC(C(N)=O)N1)C(C)C. The molecular formula is C25H46N4O6S. The molecule has 0 spiro atoms. The molecule has 0 saturated carbocycles. The molecule has 0 aromatic rings. The van der Waals surface area contributed by atoms with E-state index < -0.39 is 57.6 Å². The van der Waals surface area contributed by atoms with Gasteiger partial charge in [-0.15, -0.1) is 16.9 Å². The van der Waals surface area contributed by atoms with E-state index >= 15 is 0 Å². The predicted molar refractivity (Wildman–Crippen MR) is 143 cm³/mol. The lowest BCUT2D eigenvalue weighted by Crippen LogP contribution is -2.60. The van der Waals surface area contributed by atoms with E-state index in [4.69, 9.17) is 14.7 Å². The van der Waals surface area contributed by atoms with Gasteiger partial charge in [-0.1, -0.05) is 40.7 Å². The number of hydrogen-bond acceptors (Lipinski definition) is 7. The van der Waals surface area contributed by atoms with Gasteiger partial charge in [0.1, 0.15) is 17.5 Å². The minimum absolute atomic E-state index is 0.0674. The number of carbonyl (C=O) groups excluding carboxylic acids is 4. The number of hydrazine groups is 1. The highest BCUT2D eigenvalue weighted by Crippen LogP contribution is 2.54. The van der Waals surface area contributed by atoms with Crippen molar-refractivity contribution in [2.45, 2.75) is 84.2 Å². The van der Waals surface area contributed by atoms with Crippen LogP contribution in [-0.4, -0.2) is 77.3 Å². The molecule has 10 nitrogen and oxygen atoms in total. The number of rotatable bonds is 11. The van der Waals surface area contributed by atoms with Crippen molar-refractivity contribution in [3.8, 4) is 0 Å². The van der Waals surface area contributed by atoms with Gasteiger partial charge in [0.2, 0.25) is 5.91 Å². The Hall–Kier alpha value is -2.11. The normalized spacial score (nSPS) is 20.6.